The Labute approximate surface area is 399 Å². The van der Waals surface area contributed by atoms with Crippen LogP contribution in [-0.4, -0.2) is 37.9 Å². The van der Waals surface area contributed by atoms with Gasteiger partial charge in [-0.1, -0.05) is 256 Å². The van der Waals surface area contributed by atoms with E-state index < -0.39 is 6.10 Å². The van der Waals surface area contributed by atoms with E-state index in [1.807, 2.05) is 0 Å². The van der Waals surface area contributed by atoms with E-state index in [-0.39, 0.29) is 25.2 Å². The molecule has 1 unspecified atom stereocenters. The van der Waals surface area contributed by atoms with Crippen molar-refractivity contribution in [2.75, 3.05) is 19.8 Å². The molecule has 0 fully saturated rings. The topological polar surface area (TPSA) is 61.8 Å². The monoisotopic (exact) mass is 897 g/mol. The molecule has 0 bridgehead atoms. The average Bonchev–Trinajstić information content (AvgIpc) is 3.30. The van der Waals surface area contributed by atoms with Crippen molar-refractivity contribution in [2.45, 2.75) is 297 Å². The van der Waals surface area contributed by atoms with Crippen molar-refractivity contribution in [2.24, 2.45) is 0 Å². The molecular formula is C59H108O5. The van der Waals surface area contributed by atoms with Crippen molar-refractivity contribution >= 4 is 11.9 Å². The number of rotatable bonds is 52. The van der Waals surface area contributed by atoms with Gasteiger partial charge in [-0.05, 0) is 70.6 Å². The Kier molecular flexibility index (Phi) is 53.3. The number of hydrogen-bond donors (Lipinski definition) is 0. The van der Waals surface area contributed by atoms with Crippen molar-refractivity contribution < 1.29 is 23.8 Å². The molecule has 374 valence electrons. The van der Waals surface area contributed by atoms with Crippen molar-refractivity contribution in [3.05, 3.63) is 48.6 Å². The first-order chi connectivity index (χ1) is 31.6. The lowest BCUT2D eigenvalue weighted by molar-refractivity contribution is -0.163. The van der Waals surface area contributed by atoms with Crippen LogP contribution in [0.3, 0.4) is 0 Å². The van der Waals surface area contributed by atoms with Crippen LogP contribution in [0.15, 0.2) is 48.6 Å². The molecule has 0 aromatic heterocycles. The molecule has 0 aromatic rings. The fourth-order valence-corrected chi connectivity index (χ4v) is 8.15. The lowest BCUT2D eigenvalue weighted by Crippen LogP contribution is -2.30. The van der Waals surface area contributed by atoms with Crippen molar-refractivity contribution in [3.63, 3.8) is 0 Å². The lowest BCUT2D eigenvalue weighted by Gasteiger charge is -2.18. The summed E-state index contributed by atoms with van der Waals surface area (Å²) in [7, 11) is 0. The van der Waals surface area contributed by atoms with Gasteiger partial charge in [0.25, 0.3) is 0 Å². The molecular weight excluding hydrogens is 789 g/mol. The Hall–Kier alpha value is -2.14. The Morgan fingerprint density at radius 3 is 1.19 bits per heavy atom. The summed E-state index contributed by atoms with van der Waals surface area (Å²) >= 11 is 0. The van der Waals surface area contributed by atoms with Crippen LogP contribution >= 0.6 is 0 Å². The van der Waals surface area contributed by atoms with Gasteiger partial charge < -0.3 is 14.2 Å². The van der Waals surface area contributed by atoms with E-state index in [1.54, 1.807) is 0 Å². The third-order valence-corrected chi connectivity index (χ3v) is 12.3. The largest absolute Gasteiger partial charge is 0.462 e. The Bertz CT molecular complexity index is 1060. The highest BCUT2D eigenvalue weighted by molar-refractivity contribution is 5.70. The fourth-order valence-electron chi connectivity index (χ4n) is 8.15. The zero-order chi connectivity index (χ0) is 46.3. The van der Waals surface area contributed by atoms with Gasteiger partial charge in [-0.25, -0.2) is 0 Å². The molecule has 1 atom stereocenters. The summed E-state index contributed by atoms with van der Waals surface area (Å²) in [5.41, 5.74) is 0. The van der Waals surface area contributed by atoms with E-state index in [0.29, 0.717) is 19.4 Å². The molecule has 0 heterocycles. The summed E-state index contributed by atoms with van der Waals surface area (Å²) in [6, 6.07) is 0. The third-order valence-electron chi connectivity index (χ3n) is 12.3. The van der Waals surface area contributed by atoms with Crippen molar-refractivity contribution in [1.29, 1.82) is 0 Å². The number of carbonyl (C=O) groups excluding carboxylic acids is 2. The molecule has 5 nitrogen and oxygen atoms in total. The van der Waals surface area contributed by atoms with Gasteiger partial charge in [-0.2, -0.15) is 0 Å². The van der Waals surface area contributed by atoms with Crippen LogP contribution in [0.1, 0.15) is 290 Å². The summed E-state index contributed by atoms with van der Waals surface area (Å²) in [4.78, 5) is 25.4. The number of allylic oxidation sites excluding steroid dienone is 8. The van der Waals surface area contributed by atoms with E-state index in [4.69, 9.17) is 14.2 Å². The molecule has 0 aliphatic rings. The molecule has 0 aliphatic heterocycles. The summed E-state index contributed by atoms with van der Waals surface area (Å²) in [5, 5.41) is 0. The van der Waals surface area contributed by atoms with E-state index in [2.05, 4.69) is 69.4 Å². The summed E-state index contributed by atoms with van der Waals surface area (Å²) < 4.78 is 17.4. The van der Waals surface area contributed by atoms with Crippen LogP contribution < -0.4 is 0 Å². The normalized spacial score (nSPS) is 12.5. The SMILES string of the molecule is CC/C=C\C/C=C\C/C=C\CCCCCCCCCCOCC(COC(=O)CCCCCCCCCCCCCCCCCCCCC)OC(=O)CCCCCCC/C=C\CCCC. The molecule has 0 saturated carbocycles. The highest BCUT2D eigenvalue weighted by Crippen LogP contribution is 2.16. The minimum atomic E-state index is -0.541. The van der Waals surface area contributed by atoms with Crippen molar-refractivity contribution in [1.82, 2.24) is 0 Å². The highest BCUT2D eigenvalue weighted by Gasteiger charge is 2.17. The summed E-state index contributed by atoms with van der Waals surface area (Å²) in [6.07, 6.45) is 68.5. The van der Waals surface area contributed by atoms with E-state index >= 15 is 0 Å². The number of hydrogen-bond acceptors (Lipinski definition) is 5. The molecule has 0 aliphatic carbocycles. The van der Waals surface area contributed by atoms with Gasteiger partial charge in [0, 0.05) is 19.4 Å². The zero-order valence-electron chi connectivity index (χ0n) is 43.1. The van der Waals surface area contributed by atoms with Crippen molar-refractivity contribution in [3.8, 4) is 0 Å². The Morgan fingerprint density at radius 1 is 0.359 bits per heavy atom. The maximum atomic E-state index is 12.8. The molecule has 0 saturated heterocycles. The Balaban J connectivity index is 4.18. The van der Waals surface area contributed by atoms with Gasteiger partial charge in [0.15, 0.2) is 6.10 Å². The van der Waals surface area contributed by atoms with Crippen LogP contribution in [0, 0.1) is 0 Å². The molecule has 64 heavy (non-hydrogen) atoms. The van der Waals surface area contributed by atoms with Gasteiger partial charge in [-0.3, -0.25) is 9.59 Å². The molecule has 0 amide bonds. The number of unbranched alkanes of at least 4 members (excludes halogenated alkanes) is 33. The minimum Gasteiger partial charge on any atom is -0.462 e. The fraction of sp³-hybridized carbons (Fsp3) is 0.831. The van der Waals surface area contributed by atoms with Gasteiger partial charge in [0.05, 0.1) is 6.61 Å². The number of esters is 2. The maximum Gasteiger partial charge on any atom is 0.306 e. The smallest absolute Gasteiger partial charge is 0.306 e. The maximum absolute atomic E-state index is 12.8. The number of ether oxygens (including phenoxy) is 3. The van der Waals surface area contributed by atoms with E-state index in [1.165, 1.54) is 186 Å². The standard InChI is InChI=1S/C59H108O5/c1-4-7-10-13-16-19-22-24-26-28-30-31-33-35-38-40-43-46-49-52-58(60)63-56-57(64-59(61)53-50-47-44-41-37-21-18-15-12-9-6-3)55-62-54-51-48-45-42-39-36-34-32-29-27-25-23-20-17-14-11-8-5-2/h8,11,15,17-18,20,25,27,57H,4-7,9-10,12-14,16,19,21-24,26,28-56H2,1-3H3/b11-8-,18-15-,20-17-,27-25-. The van der Waals surface area contributed by atoms with E-state index in [0.717, 1.165) is 70.6 Å². The molecule has 0 aromatic carbocycles. The predicted octanol–water partition coefficient (Wildman–Crippen LogP) is 19.1. The van der Waals surface area contributed by atoms with Crippen LogP contribution in [0.5, 0.6) is 0 Å². The molecule has 0 N–H and O–H groups in total. The van der Waals surface area contributed by atoms with Gasteiger partial charge >= 0.3 is 11.9 Å². The second-order valence-corrected chi connectivity index (χ2v) is 18.8. The summed E-state index contributed by atoms with van der Waals surface area (Å²) in [5.74, 6) is -0.398. The Morgan fingerprint density at radius 2 is 0.719 bits per heavy atom. The first-order valence-electron chi connectivity index (χ1n) is 28.2. The average molecular weight is 898 g/mol. The minimum absolute atomic E-state index is 0.0826. The predicted molar refractivity (Wildman–Crippen MR) is 279 cm³/mol. The zero-order valence-corrected chi connectivity index (χ0v) is 43.1. The highest BCUT2D eigenvalue weighted by atomic mass is 16.6. The summed E-state index contributed by atoms with van der Waals surface area (Å²) in [6.45, 7) is 7.71. The lowest BCUT2D eigenvalue weighted by atomic mass is 10.0. The van der Waals surface area contributed by atoms with E-state index in [9.17, 15) is 9.59 Å². The number of carbonyl (C=O) groups is 2. The first kappa shape index (κ1) is 61.9. The molecule has 5 heteroatoms. The van der Waals surface area contributed by atoms with Crippen LogP contribution in [0.2, 0.25) is 0 Å². The molecule has 0 radical (unpaired) electrons. The van der Waals surface area contributed by atoms with Crippen LogP contribution in [-0.2, 0) is 23.8 Å². The molecule has 0 spiro atoms. The third kappa shape index (κ3) is 52.5. The van der Waals surface area contributed by atoms with Crippen LogP contribution in [0.25, 0.3) is 0 Å². The first-order valence-corrected chi connectivity index (χ1v) is 28.2. The van der Waals surface area contributed by atoms with Gasteiger partial charge in [0.1, 0.15) is 6.61 Å². The van der Waals surface area contributed by atoms with Gasteiger partial charge in [0.2, 0.25) is 0 Å². The second-order valence-electron chi connectivity index (χ2n) is 18.8. The second kappa shape index (κ2) is 55.2. The van der Waals surface area contributed by atoms with Crippen LogP contribution in [0.4, 0.5) is 0 Å². The quantitative estimate of drug-likeness (QED) is 0.0346. The van der Waals surface area contributed by atoms with Gasteiger partial charge in [-0.15, -0.1) is 0 Å². The molecule has 0 rings (SSSR count).